The van der Waals surface area contributed by atoms with Crippen LogP contribution in [0.2, 0.25) is 0 Å². The van der Waals surface area contributed by atoms with Crippen LogP contribution in [-0.4, -0.2) is 31.6 Å². The van der Waals surface area contributed by atoms with Gasteiger partial charge < -0.3 is 9.47 Å². The molecule has 0 atom stereocenters. The van der Waals surface area contributed by atoms with Crippen LogP contribution in [0.3, 0.4) is 0 Å². The number of hydrogen-bond donors (Lipinski definition) is 0. The molecule has 0 N–H and O–H groups in total. The van der Waals surface area contributed by atoms with E-state index in [1.54, 1.807) is 7.11 Å². The van der Waals surface area contributed by atoms with Crippen molar-refractivity contribution in [1.82, 2.24) is 4.90 Å². The van der Waals surface area contributed by atoms with Crippen molar-refractivity contribution in [1.29, 1.82) is 0 Å². The molecule has 0 aromatic heterocycles. The van der Waals surface area contributed by atoms with E-state index in [2.05, 4.69) is 9.64 Å². The van der Waals surface area contributed by atoms with Gasteiger partial charge in [-0.3, -0.25) is 9.69 Å². The molecule has 86 valence electrons. The second kappa shape index (κ2) is 4.53. The average molecular weight is 221 g/mol. The van der Waals surface area contributed by atoms with E-state index in [1.165, 1.54) is 18.2 Å². The zero-order valence-electron chi connectivity index (χ0n) is 9.53. The first-order valence-electron chi connectivity index (χ1n) is 5.18. The third kappa shape index (κ3) is 2.17. The van der Waals surface area contributed by atoms with E-state index in [-0.39, 0.29) is 5.97 Å². The van der Waals surface area contributed by atoms with Gasteiger partial charge in [-0.05, 0) is 23.3 Å². The fourth-order valence-electron chi connectivity index (χ4n) is 1.93. The summed E-state index contributed by atoms with van der Waals surface area (Å²) in [6.07, 6.45) is 0. The zero-order chi connectivity index (χ0) is 11.5. The quantitative estimate of drug-likeness (QED) is 0.718. The Kier molecular flexibility index (Phi) is 3.10. The van der Waals surface area contributed by atoms with Crippen LogP contribution in [0.25, 0.3) is 0 Å². The maximum atomic E-state index is 11.2. The fourth-order valence-corrected chi connectivity index (χ4v) is 1.93. The normalized spacial score (nSPS) is 14.6. The van der Waals surface area contributed by atoms with Crippen molar-refractivity contribution in [3.8, 4) is 5.75 Å². The van der Waals surface area contributed by atoms with Crippen molar-refractivity contribution in [3.63, 3.8) is 0 Å². The summed E-state index contributed by atoms with van der Waals surface area (Å²) in [6.45, 7) is 1.92. The summed E-state index contributed by atoms with van der Waals surface area (Å²) in [4.78, 5) is 13.2. The Bertz CT molecular complexity index is 403. The minimum atomic E-state index is -0.195. The van der Waals surface area contributed by atoms with E-state index in [0.717, 1.165) is 18.8 Å². The monoisotopic (exact) mass is 221 g/mol. The molecule has 0 unspecified atom stereocenters. The van der Waals surface area contributed by atoms with Gasteiger partial charge in [0.25, 0.3) is 0 Å². The summed E-state index contributed by atoms with van der Waals surface area (Å²) in [7, 11) is 3.07. The summed E-state index contributed by atoms with van der Waals surface area (Å²) in [5.41, 5.74) is 2.48. The van der Waals surface area contributed by atoms with E-state index in [4.69, 9.17) is 4.74 Å². The number of fused-ring (bicyclic) bond motifs is 1. The van der Waals surface area contributed by atoms with Crippen LogP contribution in [0, 0.1) is 0 Å². The Labute approximate surface area is 94.8 Å². The number of carbonyl (C=O) groups is 1. The Morgan fingerprint density at radius 3 is 2.75 bits per heavy atom. The fraction of sp³-hybridized carbons (Fsp3) is 0.417. The molecule has 0 saturated heterocycles. The molecule has 4 heteroatoms. The highest BCUT2D eigenvalue weighted by Gasteiger charge is 2.21. The number of rotatable bonds is 3. The highest BCUT2D eigenvalue weighted by atomic mass is 16.5. The van der Waals surface area contributed by atoms with E-state index in [0.29, 0.717) is 6.54 Å². The minimum absolute atomic E-state index is 0.195. The van der Waals surface area contributed by atoms with Gasteiger partial charge in [0.2, 0.25) is 0 Å². The number of ether oxygens (including phenoxy) is 2. The minimum Gasteiger partial charge on any atom is -0.497 e. The molecule has 2 rings (SSSR count). The molecular weight excluding hydrogens is 206 g/mol. The second-order valence-electron chi connectivity index (χ2n) is 3.86. The SMILES string of the molecule is COC(=O)CN1Cc2ccc(OC)cc2C1. The van der Waals surface area contributed by atoms with Gasteiger partial charge in [-0.1, -0.05) is 6.07 Å². The Balaban J connectivity index is 2.06. The number of benzene rings is 1. The number of nitrogens with zero attached hydrogens (tertiary/aromatic N) is 1. The lowest BCUT2D eigenvalue weighted by atomic mass is 10.1. The Morgan fingerprint density at radius 2 is 2.06 bits per heavy atom. The first-order valence-corrected chi connectivity index (χ1v) is 5.18. The van der Waals surface area contributed by atoms with Crippen molar-refractivity contribution in [2.45, 2.75) is 13.1 Å². The molecule has 1 aliphatic rings. The van der Waals surface area contributed by atoms with Crippen LogP contribution < -0.4 is 4.74 Å². The number of methoxy groups -OCH3 is 2. The summed E-state index contributed by atoms with van der Waals surface area (Å²) < 4.78 is 9.82. The van der Waals surface area contributed by atoms with Crippen LogP contribution in [0.4, 0.5) is 0 Å². The average Bonchev–Trinajstić information content (AvgIpc) is 2.69. The molecule has 0 saturated carbocycles. The van der Waals surface area contributed by atoms with Gasteiger partial charge in [0.1, 0.15) is 5.75 Å². The zero-order valence-corrected chi connectivity index (χ0v) is 9.53. The highest BCUT2D eigenvalue weighted by molar-refractivity contribution is 5.71. The molecule has 4 nitrogen and oxygen atoms in total. The lowest BCUT2D eigenvalue weighted by Crippen LogP contribution is -2.25. The smallest absolute Gasteiger partial charge is 0.319 e. The Hall–Kier alpha value is -1.55. The molecule has 0 bridgehead atoms. The Morgan fingerprint density at radius 1 is 1.31 bits per heavy atom. The van der Waals surface area contributed by atoms with Crippen LogP contribution in [-0.2, 0) is 22.6 Å². The van der Waals surface area contributed by atoms with E-state index >= 15 is 0 Å². The van der Waals surface area contributed by atoms with E-state index in [9.17, 15) is 4.79 Å². The summed E-state index contributed by atoms with van der Waals surface area (Å²) in [5, 5.41) is 0. The molecule has 0 fully saturated rings. The molecule has 1 aromatic carbocycles. The van der Waals surface area contributed by atoms with Crippen molar-refractivity contribution in [2.75, 3.05) is 20.8 Å². The predicted octanol–water partition coefficient (Wildman–Crippen LogP) is 1.18. The maximum Gasteiger partial charge on any atom is 0.319 e. The van der Waals surface area contributed by atoms with Crippen LogP contribution in [0.15, 0.2) is 18.2 Å². The van der Waals surface area contributed by atoms with Gasteiger partial charge in [0.15, 0.2) is 0 Å². The topological polar surface area (TPSA) is 38.8 Å². The number of esters is 1. The van der Waals surface area contributed by atoms with Gasteiger partial charge >= 0.3 is 5.97 Å². The summed E-state index contributed by atoms with van der Waals surface area (Å²) >= 11 is 0. The second-order valence-corrected chi connectivity index (χ2v) is 3.86. The maximum absolute atomic E-state index is 11.2. The molecule has 0 aliphatic carbocycles. The van der Waals surface area contributed by atoms with E-state index in [1.807, 2.05) is 18.2 Å². The third-order valence-electron chi connectivity index (χ3n) is 2.78. The van der Waals surface area contributed by atoms with Gasteiger partial charge in [-0.25, -0.2) is 0 Å². The summed E-state index contributed by atoms with van der Waals surface area (Å²) in [5.74, 6) is 0.665. The molecule has 1 aliphatic heterocycles. The van der Waals surface area contributed by atoms with Crippen molar-refractivity contribution in [2.24, 2.45) is 0 Å². The highest BCUT2D eigenvalue weighted by Crippen LogP contribution is 2.26. The first kappa shape index (κ1) is 11.0. The lowest BCUT2D eigenvalue weighted by molar-refractivity contribution is -0.142. The molecule has 0 radical (unpaired) electrons. The van der Waals surface area contributed by atoms with Crippen LogP contribution in [0.1, 0.15) is 11.1 Å². The first-order chi connectivity index (χ1) is 7.72. The molecule has 0 amide bonds. The molecule has 0 spiro atoms. The third-order valence-corrected chi connectivity index (χ3v) is 2.78. The van der Waals surface area contributed by atoms with Crippen LogP contribution >= 0.6 is 0 Å². The van der Waals surface area contributed by atoms with Gasteiger partial charge in [0, 0.05) is 13.1 Å². The lowest BCUT2D eigenvalue weighted by Gasteiger charge is -2.11. The van der Waals surface area contributed by atoms with Crippen molar-refractivity contribution in [3.05, 3.63) is 29.3 Å². The molecular formula is C12H15NO3. The number of hydrogen-bond acceptors (Lipinski definition) is 4. The van der Waals surface area contributed by atoms with Crippen molar-refractivity contribution >= 4 is 5.97 Å². The predicted molar refractivity (Wildman–Crippen MR) is 59.1 cm³/mol. The standard InChI is InChI=1S/C12H15NO3/c1-15-11-4-3-9-6-13(7-10(9)5-11)8-12(14)16-2/h3-5H,6-8H2,1-2H3. The molecule has 16 heavy (non-hydrogen) atoms. The molecule has 1 aromatic rings. The van der Waals surface area contributed by atoms with Crippen LogP contribution in [0.5, 0.6) is 5.75 Å². The largest absolute Gasteiger partial charge is 0.497 e. The van der Waals surface area contributed by atoms with E-state index < -0.39 is 0 Å². The van der Waals surface area contributed by atoms with Gasteiger partial charge in [-0.2, -0.15) is 0 Å². The molecule has 1 heterocycles. The van der Waals surface area contributed by atoms with Gasteiger partial charge in [-0.15, -0.1) is 0 Å². The van der Waals surface area contributed by atoms with Gasteiger partial charge in [0.05, 0.1) is 20.8 Å². The van der Waals surface area contributed by atoms with Crippen molar-refractivity contribution < 1.29 is 14.3 Å². The number of carbonyl (C=O) groups excluding carboxylic acids is 1. The summed E-state index contributed by atoms with van der Waals surface area (Å²) in [6, 6.07) is 6.01.